The van der Waals surface area contributed by atoms with Crippen LogP contribution in [-0.2, 0) is 17.9 Å². The second-order valence-electron chi connectivity index (χ2n) is 5.28. The fraction of sp³-hybridized carbons (Fsp3) is 0.611. The van der Waals surface area contributed by atoms with E-state index in [0.29, 0.717) is 13.2 Å². The number of thioether (sulfide) groups is 1. The van der Waals surface area contributed by atoms with Crippen LogP contribution in [-0.4, -0.2) is 37.7 Å². The summed E-state index contributed by atoms with van der Waals surface area (Å²) in [6.45, 7) is 8.08. The van der Waals surface area contributed by atoms with E-state index in [1.807, 2.05) is 18.7 Å². The molecule has 5 heteroatoms. The van der Waals surface area contributed by atoms with Gasteiger partial charge in [0.1, 0.15) is 0 Å². The second kappa shape index (κ2) is 13.3. The van der Waals surface area contributed by atoms with Crippen molar-refractivity contribution in [2.45, 2.75) is 39.8 Å². The minimum atomic E-state index is 0.681. The quantitative estimate of drug-likeness (QED) is 0.369. The molecular formula is C18H31N3OS. The number of nitrogens with zero attached hydrogens (tertiary/aromatic N) is 1. The van der Waals surface area contributed by atoms with Gasteiger partial charge in [-0.15, -0.1) is 0 Å². The molecule has 0 aromatic heterocycles. The summed E-state index contributed by atoms with van der Waals surface area (Å²) >= 11 is 1.90. The fourth-order valence-electron chi connectivity index (χ4n) is 2.05. The molecule has 0 spiro atoms. The first-order valence-corrected chi connectivity index (χ1v) is 9.86. The Kier molecular flexibility index (Phi) is 11.4. The molecule has 0 aliphatic carbocycles. The Bertz CT molecular complexity index is 434. The SMILES string of the molecule is CCNC(=NCc1ccc(COCC)cc1)NCCCCSC. The van der Waals surface area contributed by atoms with E-state index in [0.717, 1.165) is 25.7 Å². The molecule has 0 radical (unpaired) electrons. The van der Waals surface area contributed by atoms with Gasteiger partial charge in [0.15, 0.2) is 5.96 Å². The van der Waals surface area contributed by atoms with Gasteiger partial charge in [-0.1, -0.05) is 24.3 Å². The number of aliphatic imine (C=N–C) groups is 1. The zero-order valence-corrected chi connectivity index (χ0v) is 15.5. The lowest BCUT2D eigenvalue weighted by Gasteiger charge is -2.11. The molecule has 0 aliphatic rings. The van der Waals surface area contributed by atoms with Crippen molar-refractivity contribution in [3.8, 4) is 0 Å². The highest BCUT2D eigenvalue weighted by Gasteiger charge is 1.98. The van der Waals surface area contributed by atoms with E-state index in [4.69, 9.17) is 4.74 Å². The van der Waals surface area contributed by atoms with Gasteiger partial charge >= 0.3 is 0 Å². The summed E-state index contributed by atoms with van der Waals surface area (Å²) in [5.41, 5.74) is 2.42. The number of rotatable bonds is 11. The summed E-state index contributed by atoms with van der Waals surface area (Å²) in [5.74, 6) is 2.12. The highest BCUT2D eigenvalue weighted by Crippen LogP contribution is 2.07. The third-order valence-electron chi connectivity index (χ3n) is 3.33. The van der Waals surface area contributed by atoms with E-state index < -0.39 is 0 Å². The molecule has 2 N–H and O–H groups in total. The zero-order valence-electron chi connectivity index (χ0n) is 14.7. The number of hydrogen-bond donors (Lipinski definition) is 2. The summed E-state index contributed by atoms with van der Waals surface area (Å²) in [5, 5.41) is 6.70. The molecule has 1 rings (SSSR count). The fourth-order valence-corrected chi connectivity index (χ4v) is 2.54. The zero-order chi connectivity index (χ0) is 16.8. The Labute approximate surface area is 145 Å². The molecule has 0 amide bonds. The normalized spacial score (nSPS) is 11.5. The van der Waals surface area contributed by atoms with Gasteiger partial charge in [0, 0.05) is 19.7 Å². The van der Waals surface area contributed by atoms with E-state index in [1.54, 1.807) is 0 Å². The molecule has 0 heterocycles. The van der Waals surface area contributed by atoms with E-state index in [1.165, 1.54) is 29.7 Å². The number of hydrogen-bond acceptors (Lipinski definition) is 3. The van der Waals surface area contributed by atoms with Gasteiger partial charge in [0.2, 0.25) is 0 Å². The van der Waals surface area contributed by atoms with Crippen LogP contribution in [0, 0.1) is 0 Å². The van der Waals surface area contributed by atoms with Crippen molar-refractivity contribution in [2.75, 3.05) is 31.7 Å². The smallest absolute Gasteiger partial charge is 0.191 e. The predicted molar refractivity (Wildman–Crippen MR) is 102 cm³/mol. The number of nitrogens with one attached hydrogen (secondary N) is 2. The van der Waals surface area contributed by atoms with E-state index in [2.05, 4.69) is 53.1 Å². The highest BCUT2D eigenvalue weighted by molar-refractivity contribution is 7.98. The average Bonchev–Trinajstić information content (AvgIpc) is 2.58. The first-order chi connectivity index (χ1) is 11.3. The summed E-state index contributed by atoms with van der Waals surface area (Å²) < 4.78 is 5.41. The van der Waals surface area contributed by atoms with Crippen molar-refractivity contribution in [3.05, 3.63) is 35.4 Å². The van der Waals surface area contributed by atoms with Crippen LogP contribution >= 0.6 is 11.8 Å². The van der Waals surface area contributed by atoms with Crippen molar-refractivity contribution < 1.29 is 4.74 Å². The molecule has 0 aliphatic heterocycles. The molecule has 0 fully saturated rings. The third kappa shape index (κ3) is 9.51. The minimum absolute atomic E-state index is 0.681. The van der Waals surface area contributed by atoms with Crippen molar-refractivity contribution in [1.82, 2.24) is 10.6 Å². The van der Waals surface area contributed by atoms with Gasteiger partial charge in [-0.3, -0.25) is 0 Å². The molecule has 1 aromatic carbocycles. The number of guanidine groups is 1. The predicted octanol–water partition coefficient (Wildman–Crippen LogP) is 3.42. The summed E-state index contributed by atoms with van der Waals surface area (Å²) in [6, 6.07) is 8.48. The van der Waals surface area contributed by atoms with Gasteiger partial charge in [-0.05, 0) is 49.8 Å². The highest BCUT2D eigenvalue weighted by atomic mass is 32.2. The first-order valence-electron chi connectivity index (χ1n) is 8.46. The second-order valence-corrected chi connectivity index (χ2v) is 6.26. The van der Waals surface area contributed by atoms with Gasteiger partial charge in [-0.25, -0.2) is 4.99 Å². The maximum absolute atomic E-state index is 5.41. The maximum Gasteiger partial charge on any atom is 0.191 e. The Morgan fingerprint density at radius 3 is 2.48 bits per heavy atom. The molecule has 4 nitrogen and oxygen atoms in total. The van der Waals surface area contributed by atoms with E-state index in [-0.39, 0.29) is 0 Å². The Balaban J connectivity index is 2.42. The lowest BCUT2D eigenvalue weighted by molar-refractivity contribution is 0.134. The molecular weight excluding hydrogens is 306 g/mol. The molecule has 23 heavy (non-hydrogen) atoms. The molecule has 0 bridgehead atoms. The maximum atomic E-state index is 5.41. The van der Waals surface area contributed by atoms with Crippen LogP contribution in [0.15, 0.2) is 29.3 Å². The molecule has 0 atom stereocenters. The van der Waals surface area contributed by atoms with Crippen molar-refractivity contribution >= 4 is 17.7 Å². The lowest BCUT2D eigenvalue weighted by atomic mass is 10.1. The van der Waals surface area contributed by atoms with Gasteiger partial charge < -0.3 is 15.4 Å². The first kappa shape index (κ1) is 19.8. The largest absolute Gasteiger partial charge is 0.377 e. The van der Waals surface area contributed by atoms with Crippen LogP contribution in [0.3, 0.4) is 0 Å². The van der Waals surface area contributed by atoms with Gasteiger partial charge in [0.25, 0.3) is 0 Å². The Morgan fingerprint density at radius 2 is 1.83 bits per heavy atom. The van der Waals surface area contributed by atoms with Crippen LogP contribution in [0.2, 0.25) is 0 Å². The standard InChI is InChI=1S/C18H31N3OS/c1-4-19-18(20-12-6-7-13-23-3)21-14-16-8-10-17(11-9-16)15-22-5-2/h8-11H,4-7,12-15H2,1-3H3,(H2,19,20,21). The van der Waals surface area contributed by atoms with Crippen molar-refractivity contribution in [1.29, 1.82) is 0 Å². The van der Waals surface area contributed by atoms with Crippen LogP contribution in [0.4, 0.5) is 0 Å². The minimum Gasteiger partial charge on any atom is -0.377 e. The number of ether oxygens (including phenoxy) is 1. The van der Waals surface area contributed by atoms with Crippen LogP contribution in [0.5, 0.6) is 0 Å². The monoisotopic (exact) mass is 337 g/mol. The number of benzene rings is 1. The summed E-state index contributed by atoms with van der Waals surface area (Å²) in [4.78, 5) is 4.65. The number of unbranched alkanes of at least 4 members (excludes halogenated alkanes) is 1. The van der Waals surface area contributed by atoms with E-state index in [9.17, 15) is 0 Å². The van der Waals surface area contributed by atoms with Crippen LogP contribution < -0.4 is 10.6 Å². The Morgan fingerprint density at radius 1 is 1.09 bits per heavy atom. The summed E-state index contributed by atoms with van der Waals surface area (Å²) in [6.07, 6.45) is 4.57. The molecule has 0 unspecified atom stereocenters. The topological polar surface area (TPSA) is 45.7 Å². The van der Waals surface area contributed by atoms with Gasteiger partial charge in [0.05, 0.1) is 13.2 Å². The third-order valence-corrected chi connectivity index (χ3v) is 4.02. The van der Waals surface area contributed by atoms with E-state index >= 15 is 0 Å². The van der Waals surface area contributed by atoms with Crippen LogP contribution in [0.1, 0.15) is 37.8 Å². The molecule has 130 valence electrons. The molecule has 0 saturated heterocycles. The van der Waals surface area contributed by atoms with Gasteiger partial charge in [-0.2, -0.15) is 11.8 Å². The van der Waals surface area contributed by atoms with Crippen LogP contribution in [0.25, 0.3) is 0 Å². The molecule has 0 saturated carbocycles. The lowest BCUT2D eigenvalue weighted by Crippen LogP contribution is -2.37. The average molecular weight is 338 g/mol. The van der Waals surface area contributed by atoms with Crippen molar-refractivity contribution in [3.63, 3.8) is 0 Å². The Hall–Kier alpha value is -1.20. The van der Waals surface area contributed by atoms with Crippen molar-refractivity contribution in [2.24, 2.45) is 4.99 Å². The molecule has 1 aromatic rings. The summed E-state index contributed by atoms with van der Waals surface area (Å²) in [7, 11) is 0.